The van der Waals surface area contributed by atoms with Crippen molar-refractivity contribution < 1.29 is 0 Å². The van der Waals surface area contributed by atoms with E-state index in [-0.39, 0.29) is 12.0 Å². The van der Waals surface area contributed by atoms with E-state index in [0.717, 1.165) is 13.1 Å². The largest absolute Gasteiger partial charge is 0.288 e. The van der Waals surface area contributed by atoms with E-state index in [1.54, 1.807) is 0 Å². The van der Waals surface area contributed by atoms with Gasteiger partial charge in [-0.15, -0.1) is 0 Å². The highest BCUT2D eigenvalue weighted by molar-refractivity contribution is 5.34. The minimum Gasteiger partial charge on any atom is -0.288 e. The first-order valence-electron chi connectivity index (χ1n) is 7.34. The van der Waals surface area contributed by atoms with Crippen LogP contribution in [0.4, 0.5) is 0 Å². The Labute approximate surface area is 117 Å². The predicted molar refractivity (Wildman–Crippen MR) is 79.2 cm³/mol. The van der Waals surface area contributed by atoms with E-state index in [1.165, 1.54) is 36.0 Å². The summed E-state index contributed by atoms with van der Waals surface area (Å²) in [6.45, 7) is 8.62. The van der Waals surface area contributed by atoms with Gasteiger partial charge in [-0.05, 0) is 50.9 Å². The van der Waals surface area contributed by atoms with Gasteiger partial charge in [0.05, 0.1) is 6.07 Å². The maximum atomic E-state index is 9.56. The molecule has 0 spiro atoms. The zero-order valence-electron chi connectivity index (χ0n) is 12.3. The number of piperidine rings is 1. The van der Waals surface area contributed by atoms with Crippen molar-refractivity contribution in [3.8, 4) is 6.07 Å². The molecule has 0 radical (unpaired) electrons. The van der Waals surface area contributed by atoms with Crippen LogP contribution in [0, 0.1) is 25.2 Å². The highest BCUT2D eigenvalue weighted by Crippen LogP contribution is 2.28. The number of hydrogen-bond acceptors (Lipinski definition) is 2. The summed E-state index contributed by atoms with van der Waals surface area (Å²) in [5.41, 5.74) is 3.92. The van der Waals surface area contributed by atoms with Crippen LogP contribution in [0.2, 0.25) is 0 Å². The van der Waals surface area contributed by atoms with E-state index in [1.807, 2.05) is 0 Å². The fourth-order valence-corrected chi connectivity index (χ4v) is 3.21. The van der Waals surface area contributed by atoms with Crippen LogP contribution in [-0.2, 0) is 0 Å². The van der Waals surface area contributed by atoms with E-state index in [2.05, 4.69) is 49.9 Å². The molecular formula is C17H24N2. The third-order valence-electron chi connectivity index (χ3n) is 4.31. The van der Waals surface area contributed by atoms with Gasteiger partial charge in [-0.3, -0.25) is 4.90 Å². The van der Waals surface area contributed by atoms with Gasteiger partial charge < -0.3 is 0 Å². The summed E-state index contributed by atoms with van der Waals surface area (Å²) in [4.78, 5) is 2.37. The normalized spacial score (nSPS) is 19.7. The molecule has 0 aliphatic carbocycles. The van der Waals surface area contributed by atoms with E-state index in [0.29, 0.717) is 0 Å². The Bertz CT molecular complexity index is 467. The van der Waals surface area contributed by atoms with Crippen LogP contribution >= 0.6 is 0 Å². The molecule has 2 heteroatoms. The lowest BCUT2D eigenvalue weighted by molar-refractivity contribution is 0.179. The zero-order chi connectivity index (χ0) is 13.8. The minimum absolute atomic E-state index is 0.0155. The van der Waals surface area contributed by atoms with E-state index >= 15 is 0 Å². The molecule has 0 amide bonds. The van der Waals surface area contributed by atoms with Crippen molar-refractivity contribution in [1.82, 2.24) is 4.90 Å². The number of nitrogens with zero attached hydrogens (tertiary/aromatic N) is 2. The molecule has 2 nitrogen and oxygen atoms in total. The van der Waals surface area contributed by atoms with Crippen LogP contribution in [-0.4, -0.2) is 24.0 Å². The van der Waals surface area contributed by atoms with Crippen molar-refractivity contribution >= 4 is 0 Å². The van der Waals surface area contributed by atoms with Gasteiger partial charge in [0.2, 0.25) is 0 Å². The van der Waals surface area contributed by atoms with Crippen LogP contribution in [0.25, 0.3) is 0 Å². The highest BCUT2D eigenvalue weighted by Gasteiger charge is 2.27. The average molecular weight is 256 g/mol. The van der Waals surface area contributed by atoms with Crippen molar-refractivity contribution in [2.24, 2.45) is 0 Å². The summed E-state index contributed by atoms with van der Waals surface area (Å²) in [7, 11) is 0. The molecule has 1 aliphatic heterocycles. The first-order chi connectivity index (χ1) is 9.13. The van der Waals surface area contributed by atoms with Crippen molar-refractivity contribution in [2.75, 3.05) is 13.1 Å². The van der Waals surface area contributed by atoms with Gasteiger partial charge in [-0.25, -0.2) is 0 Å². The van der Waals surface area contributed by atoms with E-state index in [4.69, 9.17) is 0 Å². The summed E-state index contributed by atoms with van der Waals surface area (Å²) in [6.07, 6.45) is 3.78. The molecular weight excluding hydrogens is 232 g/mol. The highest BCUT2D eigenvalue weighted by atomic mass is 15.2. The number of nitriles is 1. The number of rotatable bonds is 3. The molecule has 1 aromatic carbocycles. The summed E-state index contributed by atoms with van der Waals surface area (Å²) in [5.74, 6) is 0.281. The van der Waals surface area contributed by atoms with Gasteiger partial charge in [0.15, 0.2) is 0 Å². The fourth-order valence-electron chi connectivity index (χ4n) is 3.21. The molecule has 2 unspecified atom stereocenters. The number of benzene rings is 1. The van der Waals surface area contributed by atoms with Crippen molar-refractivity contribution in [3.05, 3.63) is 34.9 Å². The molecule has 1 aliphatic rings. The Morgan fingerprint density at radius 1 is 1.16 bits per heavy atom. The average Bonchev–Trinajstić information content (AvgIpc) is 2.40. The van der Waals surface area contributed by atoms with Crippen LogP contribution in [0.5, 0.6) is 0 Å². The molecule has 0 N–H and O–H groups in total. The van der Waals surface area contributed by atoms with Gasteiger partial charge in [-0.2, -0.15) is 5.26 Å². The van der Waals surface area contributed by atoms with Crippen LogP contribution in [0.1, 0.15) is 48.8 Å². The number of likely N-dealkylation sites (tertiary alicyclic amines) is 1. The van der Waals surface area contributed by atoms with Crippen molar-refractivity contribution in [2.45, 2.75) is 52.0 Å². The summed E-state index contributed by atoms with van der Waals surface area (Å²) >= 11 is 0. The lowest BCUT2D eigenvalue weighted by atomic mass is 9.88. The third kappa shape index (κ3) is 3.16. The predicted octanol–water partition coefficient (Wildman–Crippen LogP) is 3.79. The van der Waals surface area contributed by atoms with Crippen LogP contribution < -0.4 is 0 Å². The lowest BCUT2D eigenvalue weighted by Crippen LogP contribution is -2.41. The topological polar surface area (TPSA) is 27.0 Å². The Morgan fingerprint density at radius 2 is 1.84 bits per heavy atom. The smallest absolute Gasteiger partial charge is 0.104 e. The molecule has 0 bridgehead atoms. The molecule has 102 valence electrons. The SMILES string of the molecule is Cc1ccc(C(C)C(C#N)N2CCCCC2)c(C)c1. The van der Waals surface area contributed by atoms with Gasteiger partial charge >= 0.3 is 0 Å². The van der Waals surface area contributed by atoms with Crippen LogP contribution in [0.15, 0.2) is 18.2 Å². The standard InChI is InChI=1S/C17H24N2/c1-13-7-8-16(14(2)11-13)15(3)17(12-18)19-9-5-4-6-10-19/h7-8,11,15,17H,4-6,9-10H2,1-3H3. The molecule has 0 saturated carbocycles. The van der Waals surface area contributed by atoms with Crippen molar-refractivity contribution in [1.29, 1.82) is 5.26 Å². The van der Waals surface area contributed by atoms with Gasteiger partial charge in [-0.1, -0.05) is 37.1 Å². The first kappa shape index (κ1) is 14.1. The van der Waals surface area contributed by atoms with Gasteiger partial charge in [0.25, 0.3) is 0 Å². The van der Waals surface area contributed by atoms with Crippen molar-refractivity contribution in [3.63, 3.8) is 0 Å². The molecule has 0 aromatic heterocycles. The van der Waals surface area contributed by atoms with E-state index < -0.39 is 0 Å². The maximum Gasteiger partial charge on any atom is 0.104 e. The summed E-state index contributed by atoms with van der Waals surface area (Å²) in [6, 6.07) is 9.13. The Kier molecular flexibility index (Phi) is 4.61. The second kappa shape index (κ2) is 6.21. The molecule has 2 atom stereocenters. The quantitative estimate of drug-likeness (QED) is 0.823. The summed E-state index contributed by atoms with van der Waals surface area (Å²) < 4.78 is 0. The first-order valence-corrected chi connectivity index (χ1v) is 7.34. The second-order valence-electron chi connectivity index (χ2n) is 5.82. The fraction of sp³-hybridized carbons (Fsp3) is 0.588. The molecule has 19 heavy (non-hydrogen) atoms. The zero-order valence-corrected chi connectivity index (χ0v) is 12.3. The van der Waals surface area contributed by atoms with Gasteiger partial charge in [0, 0.05) is 5.92 Å². The molecule has 1 fully saturated rings. The van der Waals surface area contributed by atoms with Crippen LogP contribution in [0.3, 0.4) is 0 Å². The summed E-state index contributed by atoms with van der Waals surface area (Å²) in [5, 5.41) is 9.56. The maximum absolute atomic E-state index is 9.56. The minimum atomic E-state index is 0.0155. The second-order valence-corrected chi connectivity index (χ2v) is 5.82. The molecule has 2 rings (SSSR count). The Morgan fingerprint density at radius 3 is 2.42 bits per heavy atom. The molecule has 1 aromatic rings. The lowest BCUT2D eigenvalue weighted by Gasteiger charge is -2.34. The molecule has 1 heterocycles. The number of hydrogen-bond donors (Lipinski definition) is 0. The molecule has 1 saturated heterocycles. The number of aryl methyl sites for hydroxylation is 2. The third-order valence-corrected chi connectivity index (χ3v) is 4.31. The monoisotopic (exact) mass is 256 g/mol. The van der Waals surface area contributed by atoms with Gasteiger partial charge in [0.1, 0.15) is 6.04 Å². The Hall–Kier alpha value is -1.33. The Balaban J connectivity index is 2.20. The van der Waals surface area contributed by atoms with E-state index in [9.17, 15) is 5.26 Å².